The Morgan fingerprint density at radius 1 is 1.20 bits per heavy atom. The Labute approximate surface area is 94.0 Å². The van der Waals surface area contributed by atoms with E-state index in [0.29, 0.717) is 0 Å². The number of aromatic nitrogens is 1. The minimum atomic E-state index is 0. The van der Waals surface area contributed by atoms with Gasteiger partial charge in [0.25, 0.3) is 0 Å². The van der Waals surface area contributed by atoms with Gasteiger partial charge in [-0.1, -0.05) is 45.9 Å². The van der Waals surface area contributed by atoms with Gasteiger partial charge in [-0.3, -0.25) is 0 Å². The summed E-state index contributed by atoms with van der Waals surface area (Å²) in [6.07, 6.45) is 3.29. The fraction of sp³-hybridized carbons (Fsp3) is 0.429. The van der Waals surface area contributed by atoms with E-state index in [9.17, 15) is 0 Å². The van der Waals surface area contributed by atoms with Crippen LogP contribution in [0.25, 0.3) is 10.9 Å². The highest BCUT2D eigenvalue weighted by Gasteiger charge is 2.03. The number of hydrogen-bond donors (Lipinski definition) is 1. The maximum Gasteiger partial charge on any atom is 0.0456 e. The molecule has 0 bridgehead atoms. The molecular formula is C14H23N. The molecule has 2 aromatic rings. The summed E-state index contributed by atoms with van der Waals surface area (Å²) in [5.41, 5.74) is 2.68. The van der Waals surface area contributed by atoms with Crippen molar-refractivity contribution in [2.45, 2.75) is 34.1 Å². The molecule has 1 aromatic carbocycles. The predicted octanol–water partition coefficient (Wildman–Crippen LogP) is 4.64. The average molecular weight is 205 g/mol. The molecule has 1 heteroatoms. The third-order valence-electron chi connectivity index (χ3n) is 2.30. The van der Waals surface area contributed by atoms with Gasteiger partial charge in [0, 0.05) is 18.5 Å². The zero-order chi connectivity index (χ0) is 11.3. The molecule has 1 N–H and O–H groups in total. The van der Waals surface area contributed by atoms with E-state index in [-0.39, 0.29) is 1.43 Å². The van der Waals surface area contributed by atoms with Crippen LogP contribution in [-0.2, 0) is 6.42 Å². The Balaban J connectivity index is 0.000000711. The van der Waals surface area contributed by atoms with Gasteiger partial charge >= 0.3 is 0 Å². The molecule has 1 heterocycles. The second-order valence-corrected chi connectivity index (χ2v) is 3.96. The first-order valence-electron chi connectivity index (χ1n) is 5.82. The first-order chi connectivity index (χ1) is 7.27. The number of H-pyrrole nitrogens is 1. The van der Waals surface area contributed by atoms with Crippen molar-refractivity contribution >= 4 is 10.9 Å². The van der Waals surface area contributed by atoms with E-state index < -0.39 is 0 Å². The minimum Gasteiger partial charge on any atom is -0.361 e. The zero-order valence-electron chi connectivity index (χ0n) is 10.2. The monoisotopic (exact) mass is 205 g/mol. The Morgan fingerprint density at radius 3 is 2.53 bits per heavy atom. The molecule has 0 atom stereocenters. The molecule has 1 aromatic heterocycles. The van der Waals surface area contributed by atoms with Gasteiger partial charge in [0.2, 0.25) is 0 Å². The fourth-order valence-corrected chi connectivity index (χ4v) is 1.74. The van der Waals surface area contributed by atoms with E-state index in [1.807, 2.05) is 13.8 Å². The highest BCUT2D eigenvalue weighted by atomic mass is 14.7. The van der Waals surface area contributed by atoms with Gasteiger partial charge in [-0.15, -0.1) is 0 Å². The van der Waals surface area contributed by atoms with Gasteiger partial charge in [-0.05, 0) is 24.0 Å². The maximum absolute atomic E-state index is 3.29. The van der Waals surface area contributed by atoms with Gasteiger partial charge in [0.1, 0.15) is 0 Å². The summed E-state index contributed by atoms with van der Waals surface area (Å²) in [5.74, 6) is 0.721. The van der Waals surface area contributed by atoms with Crippen LogP contribution < -0.4 is 0 Å². The van der Waals surface area contributed by atoms with E-state index in [1.165, 1.54) is 16.5 Å². The molecule has 0 aliphatic heterocycles. The van der Waals surface area contributed by atoms with Crippen molar-refractivity contribution < 1.29 is 1.43 Å². The van der Waals surface area contributed by atoms with E-state index >= 15 is 0 Å². The normalized spacial score (nSPS) is 10.2. The molecule has 0 radical (unpaired) electrons. The van der Waals surface area contributed by atoms with Crippen molar-refractivity contribution in [1.29, 1.82) is 0 Å². The Kier molecular flexibility index (Phi) is 4.41. The Bertz CT molecular complexity index is 404. The Hall–Kier alpha value is -1.24. The van der Waals surface area contributed by atoms with Crippen LogP contribution in [0, 0.1) is 5.92 Å². The molecule has 2 rings (SSSR count). The van der Waals surface area contributed by atoms with Gasteiger partial charge in [-0.2, -0.15) is 0 Å². The van der Waals surface area contributed by atoms with Gasteiger partial charge in [-0.25, -0.2) is 0 Å². The average Bonchev–Trinajstić information content (AvgIpc) is 2.64. The lowest BCUT2D eigenvalue weighted by Gasteiger charge is -2.01. The topological polar surface area (TPSA) is 15.8 Å². The van der Waals surface area contributed by atoms with Crippen LogP contribution in [-0.4, -0.2) is 4.98 Å². The number of hydrogen-bond acceptors (Lipinski definition) is 0. The highest BCUT2D eigenvalue weighted by molar-refractivity contribution is 5.83. The number of para-hydroxylation sites is 1. The third-order valence-corrected chi connectivity index (χ3v) is 2.30. The van der Waals surface area contributed by atoms with Crippen molar-refractivity contribution in [3.8, 4) is 0 Å². The number of benzene rings is 1. The zero-order valence-corrected chi connectivity index (χ0v) is 10.2. The molecule has 0 aliphatic rings. The van der Waals surface area contributed by atoms with Crippen LogP contribution in [0.4, 0.5) is 0 Å². The van der Waals surface area contributed by atoms with Crippen LogP contribution in [0.5, 0.6) is 0 Å². The quantitative estimate of drug-likeness (QED) is 0.735. The van der Waals surface area contributed by atoms with E-state index in [2.05, 4.69) is 49.3 Å². The molecular weight excluding hydrogens is 182 g/mol. The van der Waals surface area contributed by atoms with Crippen molar-refractivity contribution in [1.82, 2.24) is 4.98 Å². The van der Waals surface area contributed by atoms with Crippen LogP contribution in [0.15, 0.2) is 30.5 Å². The smallest absolute Gasteiger partial charge is 0.0456 e. The fourth-order valence-electron chi connectivity index (χ4n) is 1.74. The number of aromatic amines is 1. The highest BCUT2D eigenvalue weighted by Crippen LogP contribution is 2.20. The summed E-state index contributed by atoms with van der Waals surface area (Å²) < 4.78 is 0. The first-order valence-corrected chi connectivity index (χ1v) is 5.82. The maximum atomic E-state index is 3.29. The van der Waals surface area contributed by atoms with Crippen molar-refractivity contribution in [2.75, 3.05) is 0 Å². The lowest BCUT2D eigenvalue weighted by Crippen LogP contribution is -1.91. The summed E-state index contributed by atoms with van der Waals surface area (Å²) in [5, 5.41) is 1.37. The second kappa shape index (κ2) is 5.59. The lowest BCUT2D eigenvalue weighted by molar-refractivity contribution is 0.650. The Morgan fingerprint density at radius 2 is 1.87 bits per heavy atom. The first kappa shape index (κ1) is 11.8. The van der Waals surface area contributed by atoms with Crippen molar-refractivity contribution in [3.05, 3.63) is 36.0 Å². The standard InChI is InChI=1S/C12H15N.C2H6.H2/c1-9(2)7-10-8-13-12-6-4-3-5-11(10)12;1-2;/h3-6,8-9,13H,7H2,1-2H3;1-2H3;1H. The predicted molar refractivity (Wildman–Crippen MR) is 70.3 cm³/mol. The molecule has 0 amide bonds. The summed E-state index contributed by atoms with van der Waals surface area (Å²) in [6.45, 7) is 8.50. The summed E-state index contributed by atoms with van der Waals surface area (Å²) >= 11 is 0. The van der Waals surface area contributed by atoms with Gasteiger partial charge < -0.3 is 4.98 Å². The second-order valence-electron chi connectivity index (χ2n) is 3.96. The molecule has 1 nitrogen and oxygen atoms in total. The van der Waals surface area contributed by atoms with Gasteiger partial charge in [0.15, 0.2) is 0 Å². The molecule has 0 saturated heterocycles. The number of fused-ring (bicyclic) bond motifs is 1. The minimum absolute atomic E-state index is 0. The number of nitrogens with one attached hydrogen (secondary N) is 1. The van der Waals surface area contributed by atoms with E-state index in [1.54, 1.807) is 0 Å². The molecule has 0 spiro atoms. The number of rotatable bonds is 2. The molecule has 84 valence electrons. The van der Waals surface area contributed by atoms with Crippen LogP contribution >= 0.6 is 0 Å². The molecule has 0 aliphatic carbocycles. The summed E-state index contributed by atoms with van der Waals surface area (Å²) in [4.78, 5) is 3.29. The molecule has 15 heavy (non-hydrogen) atoms. The van der Waals surface area contributed by atoms with Crippen LogP contribution in [0.3, 0.4) is 0 Å². The largest absolute Gasteiger partial charge is 0.361 e. The molecule has 0 fully saturated rings. The molecule has 0 saturated carbocycles. The summed E-state index contributed by atoms with van der Waals surface area (Å²) in [7, 11) is 0. The summed E-state index contributed by atoms with van der Waals surface area (Å²) in [6, 6.07) is 8.47. The van der Waals surface area contributed by atoms with E-state index in [0.717, 1.165) is 12.3 Å². The van der Waals surface area contributed by atoms with Crippen molar-refractivity contribution in [3.63, 3.8) is 0 Å². The van der Waals surface area contributed by atoms with Crippen molar-refractivity contribution in [2.24, 2.45) is 5.92 Å². The third kappa shape index (κ3) is 2.85. The lowest BCUT2D eigenvalue weighted by atomic mass is 10.0. The van der Waals surface area contributed by atoms with Crippen LogP contribution in [0.2, 0.25) is 0 Å². The van der Waals surface area contributed by atoms with Gasteiger partial charge in [0.05, 0.1) is 0 Å². The SMILES string of the molecule is CC.CC(C)Cc1c[nH]c2ccccc12.[HH]. The van der Waals surface area contributed by atoms with Crippen LogP contribution in [0.1, 0.15) is 34.7 Å². The van der Waals surface area contributed by atoms with E-state index in [4.69, 9.17) is 0 Å². The molecule has 0 unspecified atom stereocenters.